The number of aromatic nitrogens is 1. The van der Waals surface area contributed by atoms with Crippen molar-refractivity contribution in [1.29, 1.82) is 0 Å². The fourth-order valence-corrected chi connectivity index (χ4v) is 3.96. The number of amides is 1. The van der Waals surface area contributed by atoms with E-state index in [9.17, 15) is 4.79 Å². The van der Waals surface area contributed by atoms with Crippen molar-refractivity contribution < 1.29 is 13.9 Å². The molecule has 2 aromatic rings. The average molecular weight is 341 g/mol. The van der Waals surface area contributed by atoms with E-state index >= 15 is 0 Å². The third-order valence-electron chi connectivity index (χ3n) is 5.41. The number of carbonyl (C=O) groups excluding carboxylic acids is 1. The zero-order chi connectivity index (χ0) is 17.4. The Labute approximate surface area is 147 Å². The Morgan fingerprint density at radius 1 is 1.28 bits per heavy atom. The fraction of sp³-hybridized carbons (Fsp3) is 0.474. The number of fused-ring (bicyclic) bond motifs is 3. The van der Waals surface area contributed by atoms with Crippen LogP contribution in [0.4, 0.5) is 0 Å². The summed E-state index contributed by atoms with van der Waals surface area (Å²) in [7, 11) is 0. The highest BCUT2D eigenvalue weighted by Crippen LogP contribution is 2.32. The fourth-order valence-electron chi connectivity index (χ4n) is 3.96. The second-order valence-corrected chi connectivity index (χ2v) is 6.94. The standard InChI is InChI=1S/C19H23N3O3/c1-12-18(14-7-9-22(12)10-8-14)21-19(23)15-3-5-16(6-4-15)25-17-11-20-13(2)24-17/h3-6,11-12,14,18H,7-10H2,1-2H3,(H,21,23). The first kappa shape index (κ1) is 16.1. The van der Waals surface area contributed by atoms with Gasteiger partial charge in [0.2, 0.25) is 0 Å². The van der Waals surface area contributed by atoms with E-state index in [0.29, 0.717) is 35.1 Å². The van der Waals surface area contributed by atoms with Crippen LogP contribution in [-0.2, 0) is 0 Å². The number of carbonyl (C=O) groups is 1. The summed E-state index contributed by atoms with van der Waals surface area (Å²) in [5.74, 6) is 2.09. The normalized spacial score (nSPS) is 27.9. The summed E-state index contributed by atoms with van der Waals surface area (Å²) in [4.78, 5) is 19.1. The van der Waals surface area contributed by atoms with E-state index in [1.807, 2.05) is 0 Å². The maximum absolute atomic E-state index is 12.6. The van der Waals surface area contributed by atoms with Crippen LogP contribution >= 0.6 is 0 Å². The summed E-state index contributed by atoms with van der Waals surface area (Å²) in [5, 5.41) is 3.24. The molecule has 5 rings (SSSR count). The molecule has 4 heterocycles. The third kappa shape index (κ3) is 3.26. The van der Waals surface area contributed by atoms with Crippen LogP contribution in [0.1, 0.15) is 36.0 Å². The smallest absolute Gasteiger partial charge is 0.310 e. The molecular weight excluding hydrogens is 318 g/mol. The van der Waals surface area contributed by atoms with Gasteiger partial charge in [-0.1, -0.05) is 0 Å². The van der Waals surface area contributed by atoms with Gasteiger partial charge < -0.3 is 14.5 Å². The lowest BCUT2D eigenvalue weighted by molar-refractivity contribution is 0.0217. The monoisotopic (exact) mass is 341 g/mol. The van der Waals surface area contributed by atoms with Gasteiger partial charge in [-0.25, -0.2) is 4.98 Å². The Bertz CT molecular complexity index is 746. The number of aryl methyl sites for hydroxylation is 1. The van der Waals surface area contributed by atoms with E-state index in [4.69, 9.17) is 9.15 Å². The number of rotatable bonds is 4. The van der Waals surface area contributed by atoms with Crippen molar-refractivity contribution in [1.82, 2.24) is 15.2 Å². The van der Waals surface area contributed by atoms with E-state index in [0.717, 1.165) is 13.1 Å². The van der Waals surface area contributed by atoms with Crippen LogP contribution in [0.2, 0.25) is 0 Å². The second-order valence-electron chi connectivity index (χ2n) is 6.94. The van der Waals surface area contributed by atoms with Crippen molar-refractivity contribution >= 4 is 5.91 Å². The van der Waals surface area contributed by atoms with Gasteiger partial charge >= 0.3 is 5.95 Å². The molecule has 2 bridgehead atoms. The van der Waals surface area contributed by atoms with Crippen LogP contribution in [0.25, 0.3) is 0 Å². The van der Waals surface area contributed by atoms with Gasteiger partial charge in [-0.3, -0.25) is 9.69 Å². The number of hydrogen-bond acceptors (Lipinski definition) is 5. The molecule has 2 atom stereocenters. The van der Waals surface area contributed by atoms with Crippen LogP contribution in [0.5, 0.6) is 11.7 Å². The SMILES string of the molecule is Cc1ncc(Oc2ccc(C(=O)NC3C4CCN(CC4)C3C)cc2)o1. The van der Waals surface area contributed by atoms with Crippen molar-refractivity contribution in [3.8, 4) is 11.7 Å². The van der Waals surface area contributed by atoms with Gasteiger partial charge in [0.05, 0.1) is 0 Å². The van der Waals surface area contributed by atoms with Gasteiger partial charge in [0.15, 0.2) is 5.89 Å². The lowest BCUT2D eigenvalue weighted by atomic mass is 9.79. The molecule has 1 amide bonds. The molecule has 3 fully saturated rings. The van der Waals surface area contributed by atoms with Crippen molar-refractivity contribution in [2.75, 3.05) is 13.1 Å². The van der Waals surface area contributed by atoms with E-state index < -0.39 is 0 Å². The van der Waals surface area contributed by atoms with Gasteiger partial charge in [0, 0.05) is 24.6 Å². The lowest BCUT2D eigenvalue weighted by Gasteiger charge is -2.49. The summed E-state index contributed by atoms with van der Waals surface area (Å²) in [6.45, 7) is 6.29. The predicted octanol–water partition coefficient (Wildman–Crippen LogP) is 2.99. The molecular formula is C19H23N3O3. The van der Waals surface area contributed by atoms with E-state index in [-0.39, 0.29) is 11.9 Å². The molecule has 0 saturated carbocycles. The van der Waals surface area contributed by atoms with Crippen LogP contribution in [0.3, 0.4) is 0 Å². The molecule has 6 heteroatoms. The van der Waals surface area contributed by atoms with Crippen LogP contribution in [0, 0.1) is 12.8 Å². The largest absolute Gasteiger partial charge is 0.425 e. The minimum Gasteiger partial charge on any atom is -0.425 e. The first-order chi connectivity index (χ1) is 12.1. The van der Waals surface area contributed by atoms with Crippen LogP contribution in [-0.4, -0.2) is 41.0 Å². The van der Waals surface area contributed by atoms with Crippen molar-refractivity contribution in [3.63, 3.8) is 0 Å². The van der Waals surface area contributed by atoms with E-state index in [2.05, 4.69) is 22.1 Å². The first-order valence-corrected chi connectivity index (χ1v) is 8.85. The van der Waals surface area contributed by atoms with E-state index in [1.165, 1.54) is 19.0 Å². The minimum absolute atomic E-state index is 0.0207. The van der Waals surface area contributed by atoms with E-state index in [1.54, 1.807) is 31.2 Å². The highest BCUT2D eigenvalue weighted by molar-refractivity contribution is 5.94. The average Bonchev–Trinajstić information content (AvgIpc) is 3.04. The molecule has 1 aromatic heterocycles. The number of piperidine rings is 3. The van der Waals surface area contributed by atoms with Crippen molar-refractivity contribution in [2.45, 2.75) is 38.8 Å². The quantitative estimate of drug-likeness (QED) is 0.926. The highest BCUT2D eigenvalue weighted by atomic mass is 16.6. The predicted molar refractivity (Wildman–Crippen MR) is 92.8 cm³/mol. The zero-order valence-corrected chi connectivity index (χ0v) is 14.6. The number of ether oxygens (including phenoxy) is 1. The molecule has 0 aliphatic carbocycles. The lowest BCUT2D eigenvalue weighted by Crippen LogP contribution is -2.62. The molecule has 0 radical (unpaired) electrons. The Morgan fingerprint density at radius 3 is 2.60 bits per heavy atom. The first-order valence-electron chi connectivity index (χ1n) is 8.85. The van der Waals surface area contributed by atoms with Crippen molar-refractivity contribution in [2.24, 2.45) is 5.92 Å². The van der Waals surface area contributed by atoms with Crippen LogP contribution in [0.15, 0.2) is 34.9 Å². The summed E-state index contributed by atoms with van der Waals surface area (Å²) in [6, 6.07) is 7.75. The Hall–Kier alpha value is -2.34. The number of nitrogens with one attached hydrogen (secondary N) is 1. The summed E-state index contributed by atoms with van der Waals surface area (Å²) in [5.41, 5.74) is 0.643. The number of benzene rings is 1. The Morgan fingerprint density at radius 2 is 2.00 bits per heavy atom. The highest BCUT2D eigenvalue weighted by Gasteiger charge is 2.40. The number of hydrogen-bond donors (Lipinski definition) is 1. The van der Waals surface area contributed by atoms with Crippen LogP contribution < -0.4 is 10.1 Å². The van der Waals surface area contributed by atoms with Gasteiger partial charge in [0.25, 0.3) is 5.91 Å². The summed E-state index contributed by atoms with van der Waals surface area (Å²) >= 11 is 0. The molecule has 2 unspecified atom stereocenters. The summed E-state index contributed by atoms with van der Waals surface area (Å²) < 4.78 is 10.9. The number of oxazole rings is 1. The van der Waals surface area contributed by atoms with Crippen molar-refractivity contribution in [3.05, 3.63) is 41.9 Å². The maximum Gasteiger partial charge on any atom is 0.310 e. The van der Waals surface area contributed by atoms with Gasteiger partial charge in [0.1, 0.15) is 11.9 Å². The summed E-state index contributed by atoms with van der Waals surface area (Å²) in [6.07, 6.45) is 3.89. The molecule has 1 aromatic carbocycles. The molecule has 132 valence electrons. The Kier molecular flexibility index (Phi) is 4.21. The number of nitrogens with zero attached hydrogens (tertiary/aromatic N) is 2. The Balaban J connectivity index is 1.40. The van der Waals surface area contributed by atoms with Gasteiger partial charge in [-0.05, 0) is 63.0 Å². The third-order valence-corrected chi connectivity index (χ3v) is 5.41. The molecule has 1 N–H and O–H groups in total. The van der Waals surface area contributed by atoms with Gasteiger partial charge in [-0.15, -0.1) is 0 Å². The minimum atomic E-state index is -0.0207. The molecule has 3 saturated heterocycles. The maximum atomic E-state index is 12.6. The molecule has 6 nitrogen and oxygen atoms in total. The molecule has 3 aliphatic heterocycles. The zero-order valence-electron chi connectivity index (χ0n) is 14.6. The van der Waals surface area contributed by atoms with Gasteiger partial charge in [-0.2, -0.15) is 0 Å². The molecule has 3 aliphatic rings. The topological polar surface area (TPSA) is 67.6 Å². The molecule has 25 heavy (non-hydrogen) atoms. The molecule has 0 spiro atoms. The second kappa shape index (κ2) is 6.52.